The van der Waals surface area contributed by atoms with E-state index in [2.05, 4.69) is 44.5 Å². The maximum absolute atomic E-state index is 11.3. The molecule has 0 aliphatic rings. The van der Waals surface area contributed by atoms with E-state index in [1.807, 2.05) is 0 Å². The number of amides is 1. The van der Waals surface area contributed by atoms with Crippen LogP contribution in [0.3, 0.4) is 0 Å². The molecule has 82 valence electrons. The van der Waals surface area contributed by atoms with E-state index < -0.39 is 0 Å². The Morgan fingerprint density at radius 3 is 2.00 bits per heavy atom. The van der Waals surface area contributed by atoms with E-state index in [0.717, 1.165) is 0 Å². The standard InChI is InChI=1S/C11H22N2O/c1-8(2)11(14)12-7-13(9(3)4)10(5)6/h9-10H,1,7H2,2-6H3,(H,12,14). The Hall–Kier alpha value is -0.830. The number of hydrogen-bond acceptors (Lipinski definition) is 2. The summed E-state index contributed by atoms with van der Waals surface area (Å²) in [5, 5.41) is 2.83. The Labute approximate surface area is 87.2 Å². The number of nitrogens with zero attached hydrogens (tertiary/aromatic N) is 1. The molecule has 0 spiro atoms. The quantitative estimate of drug-likeness (QED) is 0.539. The average molecular weight is 198 g/mol. The minimum Gasteiger partial charge on any atom is -0.340 e. The van der Waals surface area contributed by atoms with Crippen molar-refractivity contribution in [2.45, 2.75) is 46.7 Å². The third kappa shape index (κ3) is 4.42. The van der Waals surface area contributed by atoms with Crippen molar-refractivity contribution in [1.29, 1.82) is 0 Å². The number of nitrogens with one attached hydrogen (secondary N) is 1. The van der Waals surface area contributed by atoms with Crippen LogP contribution in [0.5, 0.6) is 0 Å². The monoisotopic (exact) mass is 198 g/mol. The highest BCUT2D eigenvalue weighted by molar-refractivity contribution is 5.91. The first-order chi connectivity index (χ1) is 6.36. The van der Waals surface area contributed by atoms with Gasteiger partial charge in [0.1, 0.15) is 0 Å². The fraction of sp³-hybridized carbons (Fsp3) is 0.727. The smallest absolute Gasteiger partial charge is 0.247 e. The van der Waals surface area contributed by atoms with E-state index >= 15 is 0 Å². The molecule has 0 saturated carbocycles. The van der Waals surface area contributed by atoms with Crippen molar-refractivity contribution in [2.24, 2.45) is 0 Å². The lowest BCUT2D eigenvalue weighted by molar-refractivity contribution is -0.118. The third-order valence-corrected chi connectivity index (χ3v) is 2.14. The predicted octanol–water partition coefficient (Wildman–Crippen LogP) is 1.75. The van der Waals surface area contributed by atoms with Gasteiger partial charge in [-0.15, -0.1) is 0 Å². The Balaban J connectivity index is 4.07. The molecule has 1 amide bonds. The van der Waals surface area contributed by atoms with Gasteiger partial charge in [0.25, 0.3) is 0 Å². The lowest BCUT2D eigenvalue weighted by atomic mass is 10.2. The van der Waals surface area contributed by atoms with Crippen molar-refractivity contribution >= 4 is 5.91 Å². The number of rotatable bonds is 5. The van der Waals surface area contributed by atoms with Crippen molar-refractivity contribution in [3.05, 3.63) is 12.2 Å². The molecular weight excluding hydrogens is 176 g/mol. The van der Waals surface area contributed by atoms with E-state index in [4.69, 9.17) is 0 Å². The van der Waals surface area contributed by atoms with Crippen molar-refractivity contribution in [1.82, 2.24) is 10.2 Å². The van der Waals surface area contributed by atoms with Gasteiger partial charge < -0.3 is 5.32 Å². The van der Waals surface area contributed by atoms with Gasteiger partial charge in [0, 0.05) is 17.7 Å². The summed E-state index contributed by atoms with van der Waals surface area (Å²) in [5.41, 5.74) is 0.553. The number of hydrogen-bond donors (Lipinski definition) is 1. The van der Waals surface area contributed by atoms with Crippen LogP contribution in [0.4, 0.5) is 0 Å². The van der Waals surface area contributed by atoms with Gasteiger partial charge in [0.2, 0.25) is 5.91 Å². The number of carbonyl (C=O) groups is 1. The Kier molecular flexibility index (Phi) is 5.46. The molecule has 0 fully saturated rings. The van der Waals surface area contributed by atoms with Crippen LogP contribution >= 0.6 is 0 Å². The molecule has 0 heterocycles. The fourth-order valence-corrected chi connectivity index (χ4v) is 1.28. The van der Waals surface area contributed by atoms with Crippen LogP contribution < -0.4 is 5.32 Å². The van der Waals surface area contributed by atoms with Gasteiger partial charge in [0.15, 0.2) is 0 Å². The maximum Gasteiger partial charge on any atom is 0.247 e. The van der Waals surface area contributed by atoms with E-state index in [-0.39, 0.29) is 5.91 Å². The summed E-state index contributed by atoms with van der Waals surface area (Å²) < 4.78 is 0. The van der Waals surface area contributed by atoms with Gasteiger partial charge in [-0.3, -0.25) is 9.69 Å². The van der Waals surface area contributed by atoms with Crippen molar-refractivity contribution < 1.29 is 4.79 Å². The zero-order valence-electron chi connectivity index (χ0n) is 9.92. The lowest BCUT2D eigenvalue weighted by Gasteiger charge is -2.30. The molecule has 0 aromatic heterocycles. The fourth-order valence-electron chi connectivity index (χ4n) is 1.28. The van der Waals surface area contributed by atoms with Gasteiger partial charge >= 0.3 is 0 Å². The predicted molar refractivity (Wildman–Crippen MR) is 59.9 cm³/mol. The van der Waals surface area contributed by atoms with Gasteiger partial charge in [-0.05, 0) is 34.6 Å². The molecule has 0 unspecified atom stereocenters. The summed E-state index contributed by atoms with van der Waals surface area (Å²) in [6.45, 7) is 14.4. The topological polar surface area (TPSA) is 32.3 Å². The molecule has 0 aromatic rings. The first kappa shape index (κ1) is 13.2. The summed E-state index contributed by atoms with van der Waals surface area (Å²) in [6.07, 6.45) is 0. The zero-order chi connectivity index (χ0) is 11.3. The molecular formula is C11H22N2O. The van der Waals surface area contributed by atoms with Crippen LogP contribution in [0.1, 0.15) is 34.6 Å². The van der Waals surface area contributed by atoms with Crippen LogP contribution in [-0.2, 0) is 4.79 Å². The molecule has 0 bridgehead atoms. The number of carbonyl (C=O) groups excluding carboxylic acids is 1. The highest BCUT2D eigenvalue weighted by Gasteiger charge is 2.13. The largest absolute Gasteiger partial charge is 0.340 e. The molecule has 3 nitrogen and oxygen atoms in total. The minimum absolute atomic E-state index is 0.0729. The van der Waals surface area contributed by atoms with Crippen LogP contribution in [-0.4, -0.2) is 29.6 Å². The summed E-state index contributed by atoms with van der Waals surface area (Å²) in [6, 6.07) is 0.862. The van der Waals surface area contributed by atoms with Crippen molar-refractivity contribution in [3.63, 3.8) is 0 Å². The third-order valence-electron chi connectivity index (χ3n) is 2.14. The van der Waals surface area contributed by atoms with E-state index in [9.17, 15) is 4.79 Å². The van der Waals surface area contributed by atoms with Gasteiger partial charge in [0.05, 0.1) is 6.67 Å². The van der Waals surface area contributed by atoms with Gasteiger partial charge in [-0.2, -0.15) is 0 Å². The van der Waals surface area contributed by atoms with E-state index in [0.29, 0.717) is 24.3 Å². The highest BCUT2D eigenvalue weighted by Crippen LogP contribution is 2.02. The lowest BCUT2D eigenvalue weighted by Crippen LogP contribution is -2.45. The summed E-state index contributed by atoms with van der Waals surface area (Å²) >= 11 is 0. The van der Waals surface area contributed by atoms with Crippen LogP contribution in [0.2, 0.25) is 0 Å². The summed E-state index contributed by atoms with van der Waals surface area (Å²) in [7, 11) is 0. The van der Waals surface area contributed by atoms with Crippen molar-refractivity contribution in [3.8, 4) is 0 Å². The second kappa shape index (κ2) is 5.81. The van der Waals surface area contributed by atoms with Gasteiger partial charge in [-0.1, -0.05) is 6.58 Å². The average Bonchev–Trinajstić information content (AvgIpc) is 2.02. The van der Waals surface area contributed by atoms with E-state index in [1.54, 1.807) is 6.92 Å². The molecule has 0 aliphatic carbocycles. The second-order valence-electron chi connectivity index (χ2n) is 4.15. The Morgan fingerprint density at radius 2 is 1.71 bits per heavy atom. The summed E-state index contributed by atoms with van der Waals surface area (Å²) in [5.74, 6) is -0.0729. The molecule has 14 heavy (non-hydrogen) atoms. The first-order valence-electron chi connectivity index (χ1n) is 5.05. The SMILES string of the molecule is C=C(C)C(=O)NCN(C(C)C)C(C)C. The second-order valence-corrected chi connectivity index (χ2v) is 4.15. The minimum atomic E-state index is -0.0729. The van der Waals surface area contributed by atoms with Gasteiger partial charge in [-0.25, -0.2) is 0 Å². The molecule has 3 heteroatoms. The maximum atomic E-state index is 11.3. The van der Waals surface area contributed by atoms with Crippen LogP contribution in [0.15, 0.2) is 12.2 Å². The van der Waals surface area contributed by atoms with E-state index in [1.165, 1.54) is 0 Å². The normalized spacial score (nSPS) is 11.1. The molecule has 0 aromatic carbocycles. The Bertz CT molecular complexity index is 201. The van der Waals surface area contributed by atoms with Crippen LogP contribution in [0.25, 0.3) is 0 Å². The summed E-state index contributed by atoms with van der Waals surface area (Å²) in [4.78, 5) is 13.5. The molecule has 0 atom stereocenters. The van der Waals surface area contributed by atoms with Crippen molar-refractivity contribution in [2.75, 3.05) is 6.67 Å². The first-order valence-corrected chi connectivity index (χ1v) is 5.05. The van der Waals surface area contributed by atoms with Crippen LogP contribution in [0, 0.1) is 0 Å². The zero-order valence-corrected chi connectivity index (χ0v) is 9.92. The molecule has 0 saturated heterocycles. The Morgan fingerprint density at radius 1 is 1.29 bits per heavy atom. The molecule has 0 radical (unpaired) electrons. The molecule has 0 aliphatic heterocycles. The molecule has 0 rings (SSSR count). The highest BCUT2D eigenvalue weighted by atomic mass is 16.1. The molecule has 1 N–H and O–H groups in total.